The Morgan fingerprint density at radius 2 is 2.00 bits per heavy atom. The Bertz CT molecular complexity index is 1130. The van der Waals surface area contributed by atoms with Crippen molar-refractivity contribution in [1.82, 2.24) is 19.8 Å². The van der Waals surface area contributed by atoms with Gasteiger partial charge in [0.1, 0.15) is 0 Å². The first-order chi connectivity index (χ1) is 17.2. The maximum atomic E-state index is 13.7. The minimum Gasteiger partial charge on any atom is -0.376 e. The number of hydrogen-bond acceptors (Lipinski definition) is 5. The topological polar surface area (TPSA) is 76.5 Å². The van der Waals surface area contributed by atoms with Crippen LogP contribution in [0.25, 0.3) is 0 Å². The Balaban J connectivity index is 1.66. The van der Waals surface area contributed by atoms with Gasteiger partial charge in [-0.15, -0.1) is 0 Å². The number of aryl methyl sites for hydroxylation is 1. The average Bonchev–Trinajstić information content (AvgIpc) is 3.49. The second-order valence-corrected chi connectivity index (χ2v) is 12.8. The second-order valence-electron chi connectivity index (χ2n) is 10.6. The van der Waals surface area contributed by atoms with E-state index in [0.29, 0.717) is 18.2 Å². The van der Waals surface area contributed by atoms with Crippen LogP contribution in [0.3, 0.4) is 0 Å². The van der Waals surface area contributed by atoms with Gasteiger partial charge in [0.15, 0.2) is 5.11 Å². The molecule has 1 aromatic heterocycles. The molecule has 1 saturated heterocycles. The third-order valence-electron chi connectivity index (χ3n) is 7.00. The van der Waals surface area contributed by atoms with Crippen LogP contribution in [-0.4, -0.2) is 53.3 Å². The summed E-state index contributed by atoms with van der Waals surface area (Å²) in [6.45, 7) is 8.08. The van der Waals surface area contributed by atoms with E-state index in [1.807, 2.05) is 35.8 Å². The monoisotopic (exact) mass is 532 g/mol. The zero-order chi connectivity index (χ0) is 25.7. The molecule has 2 aliphatic rings. The molecule has 1 aromatic carbocycles. The number of rotatable bonds is 9. The highest BCUT2D eigenvalue weighted by Crippen LogP contribution is 2.33. The minimum atomic E-state index is -3.63. The van der Waals surface area contributed by atoms with Gasteiger partial charge in [0.05, 0.1) is 30.3 Å². The number of benzene rings is 1. The SMILES string of the molecule is Cc1cccc(CS(=O)(=O)c2ncc(CN(C[C@@H]3CCCO3)C(=S)NC(C)C)n2C2CCCCC2)c1. The molecule has 1 aliphatic carbocycles. The number of imidazole rings is 1. The van der Waals surface area contributed by atoms with Crippen LogP contribution in [0, 0.1) is 6.92 Å². The zero-order valence-electron chi connectivity index (χ0n) is 21.8. The van der Waals surface area contributed by atoms with Gasteiger partial charge in [0, 0.05) is 25.2 Å². The molecule has 198 valence electrons. The van der Waals surface area contributed by atoms with Crippen molar-refractivity contribution in [2.45, 2.75) is 101 Å². The highest BCUT2D eigenvalue weighted by atomic mass is 32.2. The number of sulfone groups is 1. The summed E-state index contributed by atoms with van der Waals surface area (Å²) in [5.41, 5.74) is 2.74. The fraction of sp³-hybridized carbons (Fsp3) is 0.630. The molecule has 2 fully saturated rings. The van der Waals surface area contributed by atoms with Crippen LogP contribution in [-0.2, 0) is 26.9 Å². The lowest BCUT2D eigenvalue weighted by Crippen LogP contribution is -2.45. The van der Waals surface area contributed by atoms with Crippen LogP contribution in [0.4, 0.5) is 0 Å². The summed E-state index contributed by atoms with van der Waals surface area (Å²) >= 11 is 5.78. The van der Waals surface area contributed by atoms with Crippen molar-refractivity contribution in [2.24, 2.45) is 0 Å². The molecule has 9 heteroatoms. The smallest absolute Gasteiger partial charge is 0.228 e. The average molecular weight is 533 g/mol. The highest BCUT2D eigenvalue weighted by Gasteiger charge is 2.30. The van der Waals surface area contributed by atoms with Crippen LogP contribution in [0.1, 0.15) is 81.7 Å². The summed E-state index contributed by atoms with van der Waals surface area (Å²) in [7, 11) is -3.63. The van der Waals surface area contributed by atoms with Crippen LogP contribution >= 0.6 is 12.2 Å². The Labute approximate surface area is 221 Å². The van der Waals surface area contributed by atoms with Crippen molar-refractivity contribution < 1.29 is 13.2 Å². The molecule has 2 heterocycles. The van der Waals surface area contributed by atoms with E-state index >= 15 is 0 Å². The lowest BCUT2D eigenvalue weighted by atomic mass is 9.95. The third kappa shape index (κ3) is 6.86. The summed E-state index contributed by atoms with van der Waals surface area (Å²) in [6.07, 6.45) is 9.29. The van der Waals surface area contributed by atoms with Gasteiger partial charge in [-0.1, -0.05) is 49.1 Å². The number of hydrogen-bond donors (Lipinski definition) is 1. The fourth-order valence-corrected chi connectivity index (χ4v) is 7.23. The predicted octanol–water partition coefficient (Wildman–Crippen LogP) is 4.93. The van der Waals surface area contributed by atoms with E-state index in [2.05, 4.69) is 29.0 Å². The first-order valence-electron chi connectivity index (χ1n) is 13.2. The van der Waals surface area contributed by atoms with Crippen molar-refractivity contribution in [2.75, 3.05) is 13.2 Å². The van der Waals surface area contributed by atoms with Crippen LogP contribution < -0.4 is 5.32 Å². The van der Waals surface area contributed by atoms with Crippen LogP contribution in [0.5, 0.6) is 0 Å². The number of nitrogens with one attached hydrogen (secondary N) is 1. The van der Waals surface area contributed by atoms with E-state index in [0.717, 1.165) is 62.0 Å². The molecule has 1 N–H and O–H groups in total. The summed E-state index contributed by atoms with van der Waals surface area (Å²) in [6, 6.07) is 8.04. The maximum absolute atomic E-state index is 13.7. The van der Waals surface area contributed by atoms with Crippen LogP contribution in [0.2, 0.25) is 0 Å². The Morgan fingerprint density at radius 1 is 1.22 bits per heavy atom. The lowest BCUT2D eigenvalue weighted by Gasteiger charge is -2.31. The lowest BCUT2D eigenvalue weighted by molar-refractivity contribution is 0.0889. The zero-order valence-corrected chi connectivity index (χ0v) is 23.4. The normalized spacial score (nSPS) is 19.1. The Hall–Kier alpha value is -1.97. The number of aromatic nitrogens is 2. The summed E-state index contributed by atoms with van der Waals surface area (Å²) in [5, 5.41) is 4.22. The van der Waals surface area contributed by atoms with Gasteiger partial charge in [0.2, 0.25) is 15.0 Å². The molecule has 0 spiro atoms. The van der Waals surface area contributed by atoms with E-state index in [4.69, 9.17) is 17.0 Å². The molecule has 1 aliphatic heterocycles. The summed E-state index contributed by atoms with van der Waals surface area (Å²) in [5.74, 6) is -0.0508. The molecule has 1 saturated carbocycles. The molecule has 36 heavy (non-hydrogen) atoms. The quantitative estimate of drug-likeness (QED) is 0.459. The fourth-order valence-electron chi connectivity index (χ4n) is 5.33. The van der Waals surface area contributed by atoms with Gasteiger partial charge in [-0.25, -0.2) is 13.4 Å². The number of ether oxygens (including phenoxy) is 1. The number of nitrogens with zero attached hydrogens (tertiary/aromatic N) is 3. The van der Waals surface area contributed by atoms with Crippen molar-refractivity contribution in [3.8, 4) is 0 Å². The molecule has 2 aromatic rings. The van der Waals surface area contributed by atoms with Crippen LogP contribution in [0.15, 0.2) is 35.6 Å². The van der Waals surface area contributed by atoms with Crippen molar-refractivity contribution in [3.05, 3.63) is 47.3 Å². The van der Waals surface area contributed by atoms with Crippen molar-refractivity contribution in [3.63, 3.8) is 0 Å². The molecular weight excluding hydrogens is 492 g/mol. The molecule has 0 bridgehead atoms. The minimum absolute atomic E-state index is 0.0508. The molecular formula is C27H40N4O3S2. The molecule has 0 unspecified atom stereocenters. The predicted molar refractivity (Wildman–Crippen MR) is 147 cm³/mol. The second kappa shape index (κ2) is 12.0. The van der Waals surface area contributed by atoms with Gasteiger partial charge in [0.25, 0.3) is 0 Å². The van der Waals surface area contributed by atoms with Crippen molar-refractivity contribution >= 4 is 27.2 Å². The van der Waals surface area contributed by atoms with E-state index < -0.39 is 9.84 Å². The molecule has 0 amide bonds. The highest BCUT2D eigenvalue weighted by molar-refractivity contribution is 7.90. The van der Waals surface area contributed by atoms with E-state index in [1.165, 1.54) is 6.42 Å². The Kier molecular flexibility index (Phi) is 9.06. The first kappa shape index (κ1) is 27.1. The first-order valence-corrected chi connectivity index (χ1v) is 15.3. The van der Waals surface area contributed by atoms with Gasteiger partial charge < -0.3 is 19.5 Å². The Morgan fingerprint density at radius 3 is 2.67 bits per heavy atom. The van der Waals surface area contributed by atoms with E-state index in [9.17, 15) is 8.42 Å². The van der Waals surface area contributed by atoms with Crippen molar-refractivity contribution in [1.29, 1.82) is 0 Å². The molecule has 1 atom stereocenters. The molecule has 0 radical (unpaired) electrons. The van der Waals surface area contributed by atoms with Gasteiger partial charge in [-0.2, -0.15) is 0 Å². The van der Waals surface area contributed by atoms with Gasteiger partial charge in [-0.3, -0.25) is 0 Å². The molecule has 7 nitrogen and oxygen atoms in total. The third-order valence-corrected chi connectivity index (χ3v) is 8.94. The standard InChI is InChI=1S/C27H40N4O3S2/c1-20(2)29-26(35)30(18-25-13-8-14-34-25)17-24-16-28-27(31(24)23-11-5-4-6-12-23)36(32,33)19-22-10-7-9-21(3)15-22/h7,9-10,15-16,20,23,25H,4-6,8,11-14,17-19H2,1-3H3,(H,29,35)/t25-/m0/s1. The number of thiocarbonyl (C=S) groups is 1. The van der Waals surface area contributed by atoms with E-state index in [-0.39, 0.29) is 29.1 Å². The summed E-state index contributed by atoms with van der Waals surface area (Å²) in [4.78, 5) is 6.66. The molecule has 4 rings (SSSR count). The van der Waals surface area contributed by atoms with Gasteiger partial charge >= 0.3 is 0 Å². The van der Waals surface area contributed by atoms with Gasteiger partial charge in [-0.05, 0) is 64.2 Å². The van der Waals surface area contributed by atoms with E-state index in [1.54, 1.807) is 6.20 Å². The largest absolute Gasteiger partial charge is 0.376 e. The summed E-state index contributed by atoms with van der Waals surface area (Å²) < 4.78 is 35.3. The maximum Gasteiger partial charge on any atom is 0.228 e.